The zero-order valence-corrected chi connectivity index (χ0v) is 17.3. The summed E-state index contributed by atoms with van der Waals surface area (Å²) in [4.78, 5) is 25.5. The summed E-state index contributed by atoms with van der Waals surface area (Å²) in [6.07, 6.45) is 2.66. The number of nitrogens with one attached hydrogen (secondary N) is 1. The van der Waals surface area contributed by atoms with Crippen molar-refractivity contribution in [3.05, 3.63) is 50.6 Å². The van der Waals surface area contributed by atoms with Crippen LogP contribution in [0.25, 0.3) is 0 Å². The van der Waals surface area contributed by atoms with Crippen LogP contribution in [0.5, 0.6) is 11.5 Å². The molecule has 0 atom stereocenters. The van der Waals surface area contributed by atoms with E-state index in [-0.39, 0.29) is 18.9 Å². The Kier molecular flexibility index (Phi) is 8.34. The molecule has 0 amide bonds. The first-order chi connectivity index (χ1) is 13.9. The maximum Gasteiger partial charge on any atom is 0.344 e. The van der Waals surface area contributed by atoms with Crippen LogP contribution in [-0.2, 0) is 9.53 Å². The lowest BCUT2D eigenvalue weighted by Gasteiger charge is -2.14. The van der Waals surface area contributed by atoms with Crippen LogP contribution in [0.15, 0.2) is 40.0 Å². The number of hydrogen-bond acceptors (Lipinski definition) is 9. The number of anilines is 1. The van der Waals surface area contributed by atoms with Crippen LogP contribution < -0.4 is 14.9 Å². The maximum atomic E-state index is 11.5. The molecular formula is C18H19BrN4O6. The Bertz CT molecular complexity index is 889. The fraction of sp³-hybridized carbons (Fsp3) is 0.278. The second kappa shape index (κ2) is 11.0. The van der Waals surface area contributed by atoms with Gasteiger partial charge < -0.3 is 14.2 Å². The first-order valence-electron chi connectivity index (χ1n) is 8.58. The third kappa shape index (κ3) is 6.71. The number of ether oxygens (including phenoxy) is 3. The highest BCUT2D eigenvalue weighted by Gasteiger charge is 2.14. The number of carbonyl (C=O) groups is 1. The molecule has 10 nitrogen and oxygen atoms in total. The highest BCUT2D eigenvalue weighted by Crippen LogP contribution is 2.36. The lowest BCUT2D eigenvalue weighted by Crippen LogP contribution is -2.15. The lowest BCUT2D eigenvalue weighted by molar-refractivity contribution is -0.385. The molecule has 11 heteroatoms. The smallest absolute Gasteiger partial charge is 0.344 e. The number of hydrazone groups is 1. The van der Waals surface area contributed by atoms with Gasteiger partial charge in [0.25, 0.3) is 5.69 Å². The Hall–Kier alpha value is -3.21. The van der Waals surface area contributed by atoms with Crippen molar-refractivity contribution >= 4 is 39.6 Å². The third-order valence-corrected chi connectivity index (χ3v) is 3.91. The Balaban J connectivity index is 2.11. The van der Waals surface area contributed by atoms with E-state index in [0.29, 0.717) is 34.0 Å². The van der Waals surface area contributed by atoms with Gasteiger partial charge in [0.2, 0.25) is 0 Å². The largest absolute Gasteiger partial charge is 0.490 e. The molecule has 29 heavy (non-hydrogen) atoms. The van der Waals surface area contributed by atoms with Crippen LogP contribution in [0.4, 0.5) is 11.5 Å². The monoisotopic (exact) mass is 466 g/mol. The molecule has 0 unspecified atom stereocenters. The molecule has 0 aliphatic heterocycles. The maximum absolute atomic E-state index is 11.5. The van der Waals surface area contributed by atoms with Crippen LogP contribution in [0.1, 0.15) is 19.4 Å². The van der Waals surface area contributed by atoms with Gasteiger partial charge in [0.1, 0.15) is 12.0 Å². The van der Waals surface area contributed by atoms with Gasteiger partial charge in [0.15, 0.2) is 18.1 Å². The molecule has 0 bridgehead atoms. The van der Waals surface area contributed by atoms with Gasteiger partial charge in [0, 0.05) is 6.07 Å². The Morgan fingerprint density at radius 3 is 2.72 bits per heavy atom. The molecule has 0 saturated carbocycles. The van der Waals surface area contributed by atoms with Crippen LogP contribution in [0, 0.1) is 10.1 Å². The summed E-state index contributed by atoms with van der Waals surface area (Å²) < 4.78 is 16.5. The quantitative estimate of drug-likeness (QED) is 0.244. The summed E-state index contributed by atoms with van der Waals surface area (Å²) in [6, 6.07) is 6.20. The summed E-state index contributed by atoms with van der Waals surface area (Å²) in [5.74, 6) is 0.681. The van der Waals surface area contributed by atoms with Crippen molar-refractivity contribution in [1.82, 2.24) is 4.98 Å². The van der Waals surface area contributed by atoms with Gasteiger partial charge in [-0.05, 0) is 53.5 Å². The number of esters is 1. The van der Waals surface area contributed by atoms with E-state index in [4.69, 9.17) is 14.2 Å². The van der Waals surface area contributed by atoms with Gasteiger partial charge in [-0.25, -0.2) is 9.78 Å². The number of nitro groups is 1. The van der Waals surface area contributed by atoms with E-state index >= 15 is 0 Å². The van der Waals surface area contributed by atoms with Crippen molar-refractivity contribution in [2.24, 2.45) is 5.10 Å². The zero-order chi connectivity index (χ0) is 21.2. The third-order valence-electron chi connectivity index (χ3n) is 3.32. The normalized spacial score (nSPS) is 10.6. The minimum atomic E-state index is -0.529. The molecule has 0 fully saturated rings. The van der Waals surface area contributed by atoms with Gasteiger partial charge >= 0.3 is 5.97 Å². The van der Waals surface area contributed by atoms with Crippen LogP contribution >= 0.6 is 15.9 Å². The first kappa shape index (κ1) is 22.1. The number of nitrogens with zero attached hydrogens (tertiary/aromatic N) is 3. The van der Waals surface area contributed by atoms with Crippen LogP contribution in [-0.4, -0.2) is 41.9 Å². The van der Waals surface area contributed by atoms with E-state index in [0.717, 1.165) is 6.20 Å². The number of benzene rings is 1. The second-order valence-corrected chi connectivity index (χ2v) is 6.24. The molecule has 0 saturated heterocycles. The van der Waals surface area contributed by atoms with Crippen molar-refractivity contribution in [2.75, 3.05) is 25.2 Å². The Labute approximate surface area is 175 Å². The first-order valence-corrected chi connectivity index (χ1v) is 9.38. The minimum absolute atomic E-state index is 0.108. The van der Waals surface area contributed by atoms with Crippen molar-refractivity contribution in [3.63, 3.8) is 0 Å². The Morgan fingerprint density at radius 1 is 1.31 bits per heavy atom. The summed E-state index contributed by atoms with van der Waals surface area (Å²) in [6.45, 7) is 3.97. The molecule has 0 spiro atoms. The topological polar surface area (TPSA) is 125 Å². The van der Waals surface area contributed by atoms with E-state index in [9.17, 15) is 14.9 Å². The standard InChI is InChI=1S/C18H19BrN4O6/c1-3-27-15-8-12(7-14(19)18(15)29-11-17(24)28-4-2)9-21-22-16-6-5-13(10-20-16)23(25)26/h5-10H,3-4,11H2,1-2H3,(H,20,22)/b21-9-. The lowest BCUT2D eigenvalue weighted by atomic mass is 10.2. The van der Waals surface area contributed by atoms with Crippen molar-refractivity contribution in [3.8, 4) is 11.5 Å². The van der Waals surface area contributed by atoms with E-state index in [1.54, 1.807) is 19.1 Å². The van der Waals surface area contributed by atoms with Crippen molar-refractivity contribution in [2.45, 2.75) is 13.8 Å². The fourth-order valence-corrected chi connectivity index (χ4v) is 2.71. The van der Waals surface area contributed by atoms with E-state index in [1.165, 1.54) is 18.3 Å². The highest BCUT2D eigenvalue weighted by molar-refractivity contribution is 9.10. The molecule has 2 aromatic rings. The van der Waals surface area contributed by atoms with Crippen LogP contribution in [0.2, 0.25) is 0 Å². The van der Waals surface area contributed by atoms with E-state index in [1.807, 2.05) is 6.92 Å². The number of carbonyl (C=O) groups excluding carboxylic acids is 1. The summed E-state index contributed by atoms with van der Waals surface area (Å²) in [5, 5.41) is 14.7. The molecule has 0 radical (unpaired) electrons. The molecule has 0 aliphatic carbocycles. The van der Waals surface area contributed by atoms with E-state index in [2.05, 4.69) is 31.4 Å². The second-order valence-electron chi connectivity index (χ2n) is 5.39. The molecule has 2 rings (SSSR count). The molecule has 154 valence electrons. The number of halogens is 1. The van der Waals surface area contributed by atoms with Gasteiger partial charge in [-0.3, -0.25) is 15.5 Å². The number of pyridine rings is 1. The molecule has 0 aliphatic rings. The summed E-state index contributed by atoms with van der Waals surface area (Å²) >= 11 is 3.40. The van der Waals surface area contributed by atoms with Crippen LogP contribution in [0.3, 0.4) is 0 Å². The summed E-state index contributed by atoms with van der Waals surface area (Å²) in [7, 11) is 0. The predicted molar refractivity (Wildman–Crippen MR) is 110 cm³/mol. The minimum Gasteiger partial charge on any atom is -0.490 e. The number of aromatic nitrogens is 1. The van der Waals surface area contributed by atoms with Gasteiger partial charge in [-0.15, -0.1) is 0 Å². The molecular weight excluding hydrogens is 448 g/mol. The average molecular weight is 467 g/mol. The fourth-order valence-electron chi connectivity index (χ4n) is 2.13. The van der Waals surface area contributed by atoms with Gasteiger partial charge in [-0.1, -0.05) is 0 Å². The number of rotatable bonds is 10. The molecule has 1 heterocycles. The average Bonchev–Trinajstić information content (AvgIpc) is 2.68. The van der Waals surface area contributed by atoms with Crippen molar-refractivity contribution < 1.29 is 23.9 Å². The SMILES string of the molecule is CCOC(=O)COc1c(Br)cc(/C=N\Nc2ccc([N+](=O)[O-])cn2)cc1OCC. The molecule has 1 aromatic heterocycles. The van der Waals surface area contributed by atoms with E-state index < -0.39 is 10.9 Å². The summed E-state index contributed by atoms with van der Waals surface area (Å²) in [5.41, 5.74) is 3.26. The predicted octanol–water partition coefficient (Wildman–Crippen LogP) is 3.54. The zero-order valence-electron chi connectivity index (χ0n) is 15.8. The van der Waals surface area contributed by atoms with Crippen molar-refractivity contribution in [1.29, 1.82) is 0 Å². The highest BCUT2D eigenvalue weighted by atomic mass is 79.9. The molecule has 1 N–H and O–H groups in total. The van der Waals surface area contributed by atoms with Gasteiger partial charge in [0.05, 0.1) is 28.8 Å². The Morgan fingerprint density at radius 2 is 2.10 bits per heavy atom. The van der Waals surface area contributed by atoms with Gasteiger partial charge in [-0.2, -0.15) is 5.10 Å². The molecule has 1 aromatic carbocycles. The number of hydrogen-bond donors (Lipinski definition) is 1.